The van der Waals surface area contributed by atoms with Crippen LogP contribution in [0.5, 0.6) is 0 Å². The Morgan fingerprint density at radius 1 is 1.25 bits per heavy atom. The molecule has 0 radical (unpaired) electrons. The molecule has 150 valence electrons. The first-order valence-electron chi connectivity index (χ1n) is 9.47. The van der Waals surface area contributed by atoms with Crippen molar-refractivity contribution < 1.29 is 9.13 Å². The van der Waals surface area contributed by atoms with Gasteiger partial charge < -0.3 is 19.9 Å². The predicted molar refractivity (Wildman–Crippen MR) is 103 cm³/mol. The molecule has 2 aromatic rings. The van der Waals surface area contributed by atoms with Crippen LogP contribution in [0.2, 0.25) is 0 Å². The molecule has 2 aromatic heterocycles. The number of aromatic nitrogens is 4. The van der Waals surface area contributed by atoms with Crippen LogP contribution in [0.15, 0.2) is 23.3 Å². The molecular weight excluding hydrogens is 365 g/mol. The van der Waals surface area contributed by atoms with Crippen LogP contribution in [0, 0.1) is 11.7 Å². The Kier molecular flexibility index (Phi) is 5.38. The Hall–Kier alpha value is -2.75. The Bertz CT molecular complexity index is 884. The zero-order chi connectivity index (χ0) is 19.5. The van der Waals surface area contributed by atoms with Gasteiger partial charge in [-0.3, -0.25) is 4.79 Å². The molecule has 28 heavy (non-hydrogen) atoms. The van der Waals surface area contributed by atoms with Gasteiger partial charge in [0.05, 0.1) is 31.3 Å². The van der Waals surface area contributed by atoms with E-state index in [4.69, 9.17) is 4.74 Å². The van der Waals surface area contributed by atoms with Crippen molar-refractivity contribution in [2.24, 2.45) is 13.0 Å². The van der Waals surface area contributed by atoms with Crippen LogP contribution in [-0.2, 0) is 11.8 Å². The smallest absolute Gasteiger partial charge is 0.268 e. The molecule has 0 unspecified atom stereocenters. The Balaban J connectivity index is 1.36. The van der Waals surface area contributed by atoms with Crippen LogP contribution in [0.25, 0.3) is 0 Å². The van der Waals surface area contributed by atoms with E-state index in [1.54, 1.807) is 19.3 Å². The summed E-state index contributed by atoms with van der Waals surface area (Å²) in [7, 11) is 1.64. The van der Waals surface area contributed by atoms with Crippen LogP contribution in [-0.4, -0.2) is 65.7 Å². The minimum atomic E-state index is -0.419. The summed E-state index contributed by atoms with van der Waals surface area (Å²) in [5.74, 6) is 0.707. The minimum Gasteiger partial charge on any atom is -0.378 e. The predicted octanol–water partition coefficient (Wildman–Crippen LogP) is 0.484. The maximum absolute atomic E-state index is 14.1. The number of nitrogens with zero attached hydrogens (tertiary/aromatic N) is 6. The molecule has 0 aromatic carbocycles. The molecule has 4 rings (SSSR count). The summed E-state index contributed by atoms with van der Waals surface area (Å²) in [6, 6.07) is 1.61. The van der Waals surface area contributed by atoms with Gasteiger partial charge in [0.1, 0.15) is 0 Å². The molecule has 0 amide bonds. The van der Waals surface area contributed by atoms with Crippen LogP contribution >= 0.6 is 0 Å². The molecular formula is C18H24FN7O2. The number of ether oxygens (including phenoxy) is 1. The van der Waals surface area contributed by atoms with Gasteiger partial charge in [0, 0.05) is 45.8 Å². The van der Waals surface area contributed by atoms with E-state index < -0.39 is 5.82 Å². The number of aryl methyl sites for hydroxylation is 1. The van der Waals surface area contributed by atoms with Crippen molar-refractivity contribution in [3.8, 4) is 0 Å². The summed E-state index contributed by atoms with van der Waals surface area (Å²) in [5, 5.41) is 7.31. The summed E-state index contributed by atoms with van der Waals surface area (Å²) in [4.78, 5) is 24.3. The van der Waals surface area contributed by atoms with E-state index in [0.717, 1.165) is 25.2 Å². The van der Waals surface area contributed by atoms with Crippen molar-refractivity contribution in [2.75, 3.05) is 61.1 Å². The first-order chi connectivity index (χ1) is 13.6. The second-order valence-electron chi connectivity index (χ2n) is 7.12. The molecule has 2 aliphatic rings. The SMILES string of the molecule is Cn1ncc(N2CC[C@H](CNc3ncc(F)c(N4CCOCC4)n3)C2)cc1=O. The fraction of sp³-hybridized carbons (Fsp3) is 0.556. The van der Waals surface area contributed by atoms with E-state index in [1.165, 1.54) is 10.9 Å². The van der Waals surface area contributed by atoms with Crippen molar-refractivity contribution in [2.45, 2.75) is 6.42 Å². The third-order valence-corrected chi connectivity index (χ3v) is 5.19. The van der Waals surface area contributed by atoms with E-state index in [9.17, 15) is 9.18 Å². The highest BCUT2D eigenvalue weighted by Gasteiger charge is 2.24. The standard InChI is InChI=1S/C18H24FN7O2/c1-24-16(27)8-14(10-22-24)26-3-2-13(12-26)9-20-18-21-11-15(19)17(23-18)25-4-6-28-7-5-25/h8,10-11,13H,2-7,9,12H2,1H3,(H,20,21,23)/t13-/m1/s1. The van der Waals surface area contributed by atoms with Crippen molar-refractivity contribution in [3.05, 3.63) is 34.6 Å². The maximum atomic E-state index is 14.1. The van der Waals surface area contributed by atoms with Crippen molar-refractivity contribution >= 4 is 17.5 Å². The molecule has 1 N–H and O–H groups in total. The van der Waals surface area contributed by atoms with Gasteiger partial charge in [0.15, 0.2) is 11.6 Å². The highest BCUT2D eigenvalue weighted by molar-refractivity contribution is 5.45. The first kappa shape index (κ1) is 18.6. The minimum absolute atomic E-state index is 0.116. The number of hydrogen-bond donors (Lipinski definition) is 1. The van der Waals surface area contributed by atoms with Gasteiger partial charge in [-0.25, -0.2) is 14.1 Å². The zero-order valence-corrected chi connectivity index (χ0v) is 15.8. The molecule has 4 heterocycles. The van der Waals surface area contributed by atoms with Gasteiger partial charge in [0.2, 0.25) is 5.95 Å². The van der Waals surface area contributed by atoms with E-state index in [1.807, 2.05) is 4.90 Å². The Morgan fingerprint density at radius 2 is 2.07 bits per heavy atom. The summed E-state index contributed by atoms with van der Waals surface area (Å²) in [6.45, 7) is 4.75. The second-order valence-corrected chi connectivity index (χ2v) is 7.12. The van der Waals surface area contributed by atoms with E-state index in [-0.39, 0.29) is 5.56 Å². The van der Waals surface area contributed by atoms with Crippen LogP contribution < -0.4 is 20.7 Å². The van der Waals surface area contributed by atoms with E-state index >= 15 is 0 Å². The average molecular weight is 389 g/mol. The average Bonchev–Trinajstić information content (AvgIpc) is 3.19. The zero-order valence-electron chi connectivity index (χ0n) is 15.8. The summed E-state index contributed by atoms with van der Waals surface area (Å²) < 4.78 is 20.7. The number of nitrogens with one attached hydrogen (secondary N) is 1. The van der Waals surface area contributed by atoms with Crippen LogP contribution in [0.1, 0.15) is 6.42 Å². The largest absolute Gasteiger partial charge is 0.378 e. The molecule has 9 nitrogen and oxygen atoms in total. The molecule has 2 aliphatic heterocycles. The van der Waals surface area contributed by atoms with E-state index in [2.05, 4.69) is 25.3 Å². The summed E-state index contributed by atoms with van der Waals surface area (Å²) >= 11 is 0. The lowest BCUT2D eigenvalue weighted by Gasteiger charge is -2.28. The van der Waals surface area contributed by atoms with Gasteiger partial charge >= 0.3 is 0 Å². The molecule has 0 aliphatic carbocycles. The second kappa shape index (κ2) is 8.09. The maximum Gasteiger partial charge on any atom is 0.268 e. The highest BCUT2D eigenvalue weighted by Crippen LogP contribution is 2.23. The van der Waals surface area contributed by atoms with Gasteiger partial charge in [-0.05, 0) is 12.3 Å². The van der Waals surface area contributed by atoms with Crippen molar-refractivity contribution in [1.29, 1.82) is 0 Å². The third kappa shape index (κ3) is 4.06. The lowest BCUT2D eigenvalue weighted by molar-refractivity contribution is 0.122. The summed E-state index contributed by atoms with van der Waals surface area (Å²) in [5.41, 5.74) is 0.729. The molecule has 2 fully saturated rings. The monoisotopic (exact) mass is 389 g/mol. The van der Waals surface area contributed by atoms with Crippen LogP contribution in [0.4, 0.5) is 21.8 Å². The number of rotatable bonds is 5. The lowest BCUT2D eigenvalue weighted by atomic mass is 10.1. The summed E-state index contributed by atoms with van der Waals surface area (Å²) in [6.07, 6.45) is 3.92. The number of anilines is 3. The quantitative estimate of drug-likeness (QED) is 0.790. The first-order valence-corrected chi connectivity index (χ1v) is 9.47. The van der Waals surface area contributed by atoms with Gasteiger partial charge in [-0.1, -0.05) is 0 Å². The fourth-order valence-electron chi connectivity index (χ4n) is 3.54. The molecule has 1 atom stereocenters. The normalized spacial score (nSPS) is 19.9. The Labute approximate surface area is 162 Å². The number of hydrogen-bond acceptors (Lipinski definition) is 8. The molecule has 0 saturated carbocycles. The number of morpholine rings is 1. The molecule has 2 saturated heterocycles. The lowest BCUT2D eigenvalue weighted by Crippen LogP contribution is -2.37. The van der Waals surface area contributed by atoms with Crippen LogP contribution in [0.3, 0.4) is 0 Å². The van der Waals surface area contributed by atoms with Gasteiger partial charge in [0.25, 0.3) is 5.56 Å². The third-order valence-electron chi connectivity index (χ3n) is 5.19. The highest BCUT2D eigenvalue weighted by atomic mass is 19.1. The number of halogens is 1. The Morgan fingerprint density at radius 3 is 2.86 bits per heavy atom. The van der Waals surface area contributed by atoms with Gasteiger partial charge in [-0.2, -0.15) is 10.1 Å². The molecule has 0 bridgehead atoms. The fourth-order valence-corrected chi connectivity index (χ4v) is 3.54. The topological polar surface area (TPSA) is 88.4 Å². The molecule has 0 spiro atoms. The van der Waals surface area contributed by atoms with Gasteiger partial charge in [-0.15, -0.1) is 0 Å². The van der Waals surface area contributed by atoms with Crippen molar-refractivity contribution in [3.63, 3.8) is 0 Å². The van der Waals surface area contributed by atoms with Crippen molar-refractivity contribution in [1.82, 2.24) is 19.7 Å². The van der Waals surface area contributed by atoms with E-state index in [0.29, 0.717) is 50.5 Å². The molecule has 10 heteroatoms.